The Balaban J connectivity index is 0.00000149. The number of rotatable bonds is 55. The zero-order valence-corrected chi connectivity index (χ0v) is 60.5. The normalized spacial score (nSPS) is 11.9. The number of unbranched alkanes of at least 4 members (excludes halogenated alkanes) is 39. The molecule has 2 aromatic carbocycles. The van der Waals surface area contributed by atoms with Gasteiger partial charge in [0.2, 0.25) is 11.4 Å². The van der Waals surface area contributed by atoms with Crippen LogP contribution in [-0.4, -0.2) is 4.70 Å². The van der Waals surface area contributed by atoms with Crippen LogP contribution in [0.15, 0.2) is 35.9 Å². The van der Waals surface area contributed by atoms with Crippen molar-refractivity contribution < 1.29 is 21.2 Å². The Morgan fingerprint density at radius 2 is 0.529 bits per heavy atom. The minimum Gasteiger partial charge on any atom is -0.694 e. The van der Waals surface area contributed by atoms with Crippen LogP contribution in [0.5, 0.6) is 0 Å². The van der Waals surface area contributed by atoms with Gasteiger partial charge in [0.15, 0.2) is 0 Å². The van der Waals surface area contributed by atoms with Gasteiger partial charge in [0.05, 0.1) is 0 Å². The van der Waals surface area contributed by atoms with E-state index in [0.29, 0.717) is 0 Å². The summed E-state index contributed by atoms with van der Waals surface area (Å²) in [4.78, 5) is 0. The van der Waals surface area contributed by atoms with Crippen LogP contribution in [0.2, 0.25) is 0 Å². The third-order valence-electron chi connectivity index (χ3n) is 18.4. The van der Waals surface area contributed by atoms with E-state index in [1.807, 2.05) is 0 Å². The zero-order valence-electron chi connectivity index (χ0n) is 59.5. The van der Waals surface area contributed by atoms with Crippen molar-refractivity contribution in [3.8, 4) is 11.8 Å². The first-order chi connectivity index (χ1) is 42.3. The van der Waals surface area contributed by atoms with Crippen molar-refractivity contribution in [3.05, 3.63) is 98.8 Å². The second-order valence-electron chi connectivity index (χ2n) is 26.4. The quantitative estimate of drug-likeness (QED) is 0.0207. The second kappa shape index (κ2) is 62.0. The number of allylic oxidation sites excluding steroid dienone is 2. The molecule has 0 spiro atoms. The maximum absolute atomic E-state index is 12.2. The van der Waals surface area contributed by atoms with Gasteiger partial charge in [-0.25, -0.2) is 4.70 Å². The molecule has 1 heterocycles. The van der Waals surface area contributed by atoms with E-state index in [0.717, 1.165) is 69.2 Å². The summed E-state index contributed by atoms with van der Waals surface area (Å²) < 4.78 is 1.59. The molecular weight excluding hydrogens is 1100 g/mol. The molecule has 0 fully saturated rings. The van der Waals surface area contributed by atoms with Gasteiger partial charge in [0.1, 0.15) is 0 Å². The molecule has 2 nitrogen and oxygen atoms in total. The van der Waals surface area contributed by atoms with E-state index in [-0.39, 0.29) is 16.5 Å². The maximum atomic E-state index is 12.2. The van der Waals surface area contributed by atoms with Crippen LogP contribution < -0.4 is 0 Å². The maximum Gasteiger partial charge on any atom is 2.00 e. The van der Waals surface area contributed by atoms with Crippen LogP contribution in [0.4, 0.5) is 0 Å². The molecule has 3 rings (SSSR count). The zero-order chi connectivity index (χ0) is 62.8. The molecule has 3 heteroatoms. The average molecular weight is 1240 g/mol. The van der Waals surface area contributed by atoms with Gasteiger partial charge in [-0.05, 0) is 173 Å². The van der Waals surface area contributed by atoms with Crippen LogP contribution in [0, 0.1) is 24.7 Å². The molecule has 0 radical (unpaired) electrons. The van der Waals surface area contributed by atoms with Gasteiger partial charge < -0.3 is 30.2 Å². The third kappa shape index (κ3) is 41.3. The predicted octanol–water partition coefficient (Wildman–Crippen LogP) is 28.2. The fraction of sp³-hybridized carbons (Fsp3) is 0.762. The minimum absolute atomic E-state index is 0. The molecule has 1 aliphatic rings. The van der Waals surface area contributed by atoms with Crippen molar-refractivity contribution in [2.45, 2.75) is 415 Å². The Morgan fingerprint density at radius 1 is 0.299 bits per heavy atom. The third-order valence-corrected chi connectivity index (χ3v) is 18.4. The molecule has 498 valence electrons. The van der Waals surface area contributed by atoms with Gasteiger partial charge in [-0.3, -0.25) is 0 Å². The summed E-state index contributed by atoms with van der Waals surface area (Å²) in [6, 6.07) is 9.81. The van der Waals surface area contributed by atoms with Crippen molar-refractivity contribution in [2.24, 2.45) is 0 Å². The summed E-state index contributed by atoms with van der Waals surface area (Å²) in [5, 5.41) is 0. The summed E-state index contributed by atoms with van der Waals surface area (Å²) >= 11 is 0. The van der Waals surface area contributed by atoms with Gasteiger partial charge in [-0.2, -0.15) is 0 Å². The summed E-state index contributed by atoms with van der Waals surface area (Å²) in [5.41, 5.74) is 27.2. The van der Waals surface area contributed by atoms with E-state index in [4.69, 9.17) is 12.8 Å². The molecule has 0 saturated heterocycles. The molecule has 1 aliphatic heterocycles. The largest absolute Gasteiger partial charge is 2.00 e. The average Bonchev–Trinajstić information content (AvgIpc) is 2.32. The molecule has 0 saturated carbocycles. The fourth-order valence-corrected chi connectivity index (χ4v) is 12.7. The number of nitrogens with zero attached hydrogens (tertiary/aromatic N) is 2. The Hall–Kier alpha value is -2.87. The second-order valence-corrected chi connectivity index (χ2v) is 26.4. The summed E-state index contributed by atoms with van der Waals surface area (Å²) in [7, 11) is 0. The molecule has 0 N–H and O–H groups in total. The molecule has 87 heavy (non-hydrogen) atoms. The van der Waals surface area contributed by atoms with Crippen LogP contribution in [-0.2, 0) is 55.0 Å². The molecule has 2 aromatic rings. The van der Waals surface area contributed by atoms with E-state index < -0.39 is 0 Å². The molecular formula is C84H142N2Ni. The first-order valence-corrected chi connectivity index (χ1v) is 38.3. The summed E-state index contributed by atoms with van der Waals surface area (Å²) in [6.07, 6.45) is 87.6. The molecule has 0 aliphatic carbocycles. The number of hydrogen-bond donors (Lipinski definition) is 0. The van der Waals surface area contributed by atoms with Crippen molar-refractivity contribution in [1.82, 2.24) is 0 Å². The number of aryl methyl sites for hydroxylation is 4. The molecule has 0 amide bonds. The summed E-state index contributed by atoms with van der Waals surface area (Å²) in [5.74, 6) is 4.93. The van der Waals surface area contributed by atoms with E-state index >= 15 is 0 Å². The first kappa shape index (κ1) is 84.1. The van der Waals surface area contributed by atoms with Crippen LogP contribution in [0.1, 0.15) is 421 Å². The van der Waals surface area contributed by atoms with Gasteiger partial charge >= 0.3 is 16.5 Å². The smallest absolute Gasteiger partial charge is 0.694 e. The Bertz CT molecular complexity index is 1970. The van der Waals surface area contributed by atoms with Crippen LogP contribution in [0.25, 0.3) is 16.9 Å². The van der Waals surface area contributed by atoms with Gasteiger partial charge in [0, 0.05) is 22.8 Å². The Kier molecular flexibility index (Phi) is 59.9. The van der Waals surface area contributed by atoms with Crippen molar-refractivity contribution >= 4 is 11.4 Å². The molecule has 0 bridgehead atoms. The van der Waals surface area contributed by atoms with Crippen molar-refractivity contribution in [1.29, 1.82) is 0 Å². The molecule has 0 atom stereocenters. The van der Waals surface area contributed by atoms with E-state index in [1.54, 1.807) is 15.8 Å². The van der Waals surface area contributed by atoms with E-state index in [9.17, 15) is 5.53 Å². The number of hydrogen-bond acceptors (Lipinski definition) is 0. The summed E-state index contributed by atoms with van der Waals surface area (Å²) in [6.45, 7) is 20.7. The molecule has 0 unspecified atom stereocenters. The van der Waals surface area contributed by atoms with Gasteiger partial charge in [0.25, 0.3) is 0 Å². The van der Waals surface area contributed by atoms with E-state index in [2.05, 4.69) is 104 Å². The van der Waals surface area contributed by atoms with Gasteiger partial charge in [-0.1, -0.05) is 300 Å². The SMILES string of the molecule is CCCCC1=C(c2cc(CCCC)c(CCCC)c(CCCC)c2)[N+](=[N-])C(c2cc(CCCC)c(CCCC)c(CCCC)c2)=C1.[C-]#CCCCCCCCCCCCCCCCCCC.[C-]#CCCCCCCCCCCCCCCCCCC.[Ni+2]. The van der Waals surface area contributed by atoms with Crippen LogP contribution in [0.3, 0.4) is 0 Å². The minimum atomic E-state index is 0. The predicted molar refractivity (Wildman–Crippen MR) is 385 cm³/mol. The van der Waals surface area contributed by atoms with E-state index in [1.165, 1.54) is 334 Å². The Morgan fingerprint density at radius 3 is 0.793 bits per heavy atom. The monoisotopic (exact) mass is 1240 g/mol. The first-order valence-electron chi connectivity index (χ1n) is 38.3. The molecule has 0 aromatic heterocycles. The van der Waals surface area contributed by atoms with Gasteiger partial charge in [-0.15, -0.1) is 0 Å². The number of benzene rings is 2. The van der Waals surface area contributed by atoms with Crippen molar-refractivity contribution in [3.63, 3.8) is 0 Å². The van der Waals surface area contributed by atoms with Crippen molar-refractivity contribution in [2.75, 3.05) is 0 Å². The fourth-order valence-electron chi connectivity index (χ4n) is 12.7. The standard InChI is InChI=1S/C44H68N2.2C20H37.Ni/c1-8-15-22-34-29-39(30-35(23-16-9-2)41(34)27-20-13-6)43-33-38(26-19-12-5)44(46(43)45)40-31-36(24-17-10-3)42(28-21-14-7)37(32-40)25-18-11-4;2*1-3-5-7-9-11-13-15-17-19-20-18-16-14-12-10-8-6-4-2;/h29-33H,8-28H2,1-7H3;2*3,5-20H2,1H3;/q;2*-1;+2. The topological polar surface area (TPSA) is 25.3 Å². The van der Waals surface area contributed by atoms with Crippen LogP contribution >= 0.6 is 0 Å². The Labute approximate surface area is 555 Å².